The number of amides is 1. The van der Waals surface area contributed by atoms with E-state index in [1.54, 1.807) is 5.57 Å². The molecule has 3 aliphatic carbocycles. The number of hydrogen-bond donors (Lipinski definition) is 1. The fourth-order valence-electron chi connectivity index (χ4n) is 6.60. The molecular formula is C28H32F4N2O. The number of benzene rings is 1. The van der Waals surface area contributed by atoms with E-state index in [1.165, 1.54) is 5.57 Å². The molecule has 1 aliphatic heterocycles. The van der Waals surface area contributed by atoms with Gasteiger partial charge >= 0.3 is 6.18 Å². The van der Waals surface area contributed by atoms with E-state index in [9.17, 15) is 22.4 Å². The summed E-state index contributed by atoms with van der Waals surface area (Å²) in [6, 6.07) is 2.75. The molecule has 3 nitrogen and oxygen atoms in total. The molecule has 7 heteroatoms. The molecule has 3 atom stereocenters. The zero-order valence-corrected chi connectivity index (χ0v) is 20.2. The highest BCUT2D eigenvalue weighted by Gasteiger charge is 2.49. The molecule has 2 fully saturated rings. The van der Waals surface area contributed by atoms with Crippen LogP contribution in [0, 0.1) is 29.0 Å². The first kappa shape index (κ1) is 24.3. The first-order valence-corrected chi connectivity index (χ1v) is 12.6. The van der Waals surface area contributed by atoms with Crippen molar-refractivity contribution < 1.29 is 22.4 Å². The van der Waals surface area contributed by atoms with Crippen LogP contribution in [0.5, 0.6) is 0 Å². The van der Waals surface area contributed by atoms with Gasteiger partial charge in [-0.05, 0) is 79.0 Å². The predicted molar refractivity (Wildman–Crippen MR) is 127 cm³/mol. The van der Waals surface area contributed by atoms with Crippen LogP contribution in [-0.4, -0.2) is 29.9 Å². The number of likely N-dealkylation sites (tertiary alicyclic amines) is 1. The van der Waals surface area contributed by atoms with Crippen LogP contribution in [0.2, 0.25) is 0 Å². The maximum atomic E-state index is 13.6. The van der Waals surface area contributed by atoms with Crippen LogP contribution in [0.15, 0.2) is 53.6 Å². The van der Waals surface area contributed by atoms with Crippen molar-refractivity contribution in [2.24, 2.45) is 23.2 Å². The van der Waals surface area contributed by atoms with E-state index in [-0.39, 0.29) is 29.3 Å². The van der Waals surface area contributed by atoms with E-state index in [0.717, 1.165) is 50.9 Å². The Kier molecular flexibility index (Phi) is 6.19. The minimum atomic E-state index is -4.62. The Morgan fingerprint density at radius 1 is 1.17 bits per heavy atom. The van der Waals surface area contributed by atoms with Crippen LogP contribution >= 0.6 is 0 Å². The van der Waals surface area contributed by atoms with Crippen LogP contribution in [-0.2, 0) is 17.5 Å². The highest BCUT2D eigenvalue weighted by Crippen LogP contribution is 2.54. The number of carbonyl (C=O) groups is 1. The Labute approximate surface area is 204 Å². The number of halogens is 4. The standard InChI is InChI=1S/C28H32F4N2O/c1-17-4-3-5-20-6-7-27(25(17)20)8-9-34(16-18(27)2)24-12-21(13-24)26(35)33-15-19-10-22(28(30,31)32)14-23(29)11-19/h3,5-7,10-11,14,17-18,21,24H,4,8-9,12-13,15-16H2,1-2H3,(H,33,35)/t17?,18-,21?,24?,27-/m0/s1. The zero-order valence-electron chi connectivity index (χ0n) is 20.2. The van der Waals surface area contributed by atoms with Gasteiger partial charge in [0, 0.05) is 30.5 Å². The van der Waals surface area contributed by atoms with Crippen molar-refractivity contribution in [1.82, 2.24) is 10.2 Å². The summed E-state index contributed by atoms with van der Waals surface area (Å²) < 4.78 is 52.4. The number of carbonyl (C=O) groups excluding carboxylic acids is 1. The molecule has 1 saturated heterocycles. The normalized spacial score (nSPS) is 32.6. The molecule has 1 saturated carbocycles. The third-order valence-corrected chi connectivity index (χ3v) is 8.61. The van der Waals surface area contributed by atoms with E-state index >= 15 is 0 Å². The van der Waals surface area contributed by atoms with E-state index < -0.39 is 17.6 Å². The first-order valence-electron chi connectivity index (χ1n) is 12.6. The lowest BCUT2D eigenvalue weighted by atomic mass is 9.62. The fourth-order valence-corrected chi connectivity index (χ4v) is 6.60. The second-order valence-electron chi connectivity index (χ2n) is 10.8. The number of allylic oxidation sites excluding steroid dienone is 6. The lowest BCUT2D eigenvalue weighted by Crippen LogP contribution is -2.55. The van der Waals surface area contributed by atoms with Gasteiger partial charge in [-0.25, -0.2) is 4.39 Å². The summed E-state index contributed by atoms with van der Waals surface area (Å²) in [6.45, 7) is 6.56. The number of nitrogens with zero attached hydrogens (tertiary/aromatic N) is 1. The summed E-state index contributed by atoms with van der Waals surface area (Å²) in [5, 5.41) is 2.70. The Morgan fingerprint density at radius 3 is 2.66 bits per heavy atom. The molecule has 4 aliphatic rings. The molecule has 0 radical (unpaired) electrons. The fraction of sp³-hybridized carbons (Fsp3) is 0.536. The number of nitrogens with one attached hydrogen (secondary N) is 1. The van der Waals surface area contributed by atoms with Gasteiger partial charge in [-0.2, -0.15) is 13.2 Å². The molecule has 0 bridgehead atoms. The maximum absolute atomic E-state index is 13.6. The monoisotopic (exact) mass is 488 g/mol. The molecule has 1 heterocycles. The second kappa shape index (κ2) is 8.91. The summed E-state index contributed by atoms with van der Waals surface area (Å²) in [5.41, 5.74) is 2.22. The van der Waals surface area contributed by atoms with Gasteiger partial charge in [-0.3, -0.25) is 9.69 Å². The Bertz CT molecular complexity index is 1100. The van der Waals surface area contributed by atoms with Gasteiger partial charge in [0.2, 0.25) is 5.91 Å². The van der Waals surface area contributed by atoms with E-state index in [2.05, 4.69) is 48.4 Å². The predicted octanol–water partition coefficient (Wildman–Crippen LogP) is 6.03. The van der Waals surface area contributed by atoms with E-state index in [4.69, 9.17) is 0 Å². The summed E-state index contributed by atoms with van der Waals surface area (Å²) in [4.78, 5) is 15.1. The van der Waals surface area contributed by atoms with Gasteiger partial charge in [0.25, 0.3) is 0 Å². The molecule has 35 heavy (non-hydrogen) atoms. The molecule has 1 spiro atoms. The average molecular weight is 489 g/mol. The lowest BCUT2D eigenvalue weighted by molar-refractivity contribution is -0.137. The molecular weight excluding hydrogens is 456 g/mol. The van der Waals surface area contributed by atoms with Gasteiger partial charge in [0.15, 0.2) is 0 Å². The molecule has 1 N–H and O–H groups in total. The number of fused-ring (bicyclic) bond motifs is 1. The first-order chi connectivity index (χ1) is 16.6. The molecule has 1 unspecified atom stereocenters. The van der Waals surface area contributed by atoms with Crippen molar-refractivity contribution in [3.05, 3.63) is 70.6 Å². The number of hydrogen-bond acceptors (Lipinski definition) is 2. The van der Waals surface area contributed by atoms with Gasteiger partial charge in [0.05, 0.1) is 5.56 Å². The Hall–Kier alpha value is -2.41. The minimum Gasteiger partial charge on any atom is -0.352 e. The number of alkyl halides is 3. The van der Waals surface area contributed by atoms with Crippen molar-refractivity contribution in [3.8, 4) is 0 Å². The molecule has 1 aromatic rings. The smallest absolute Gasteiger partial charge is 0.352 e. The maximum Gasteiger partial charge on any atom is 0.416 e. The quantitative estimate of drug-likeness (QED) is 0.525. The lowest BCUT2D eigenvalue weighted by Gasteiger charge is -2.52. The van der Waals surface area contributed by atoms with E-state index in [0.29, 0.717) is 23.9 Å². The molecule has 1 aromatic carbocycles. The van der Waals surface area contributed by atoms with Crippen LogP contribution < -0.4 is 5.32 Å². The summed E-state index contributed by atoms with van der Waals surface area (Å²) in [6.07, 6.45) is 8.36. The highest BCUT2D eigenvalue weighted by atomic mass is 19.4. The van der Waals surface area contributed by atoms with Crippen LogP contribution in [0.3, 0.4) is 0 Å². The van der Waals surface area contributed by atoms with E-state index in [1.807, 2.05) is 0 Å². The third kappa shape index (κ3) is 4.48. The van der Waals surface area contributed by atoms with Crippen molar-refractivity contribution in [2.75, 3.05) is 13.1 Å². The largest absolute Gasteiger partial charge is 0.416 e. The summed E-state index contributed by atoms with van der Waals surface area (Å²) in [7, 11) is 0. The minimum absolute atomic E-state index is 0.111. The number of rotatable bonds is 4. The highest BCUT2D eigenvalue weighted by molar-refractivity contribution is 5.79. The van der Waals surface area contributed by atoms with Crippen LogP contribution in [0.25, 0.3) is 0 Å². The van der Waals surface area contributed by atoms with Gasteiger partial charge in [-0.1, -0.05) is 38.2 Å². The molecule has 5 rings (SSSR count). The Morgan fingerprint density at radius 2 is 1.94 bits per heavy atom. The van der Waals surface area contributed by atoms with Crippen molar-refractivity contribution in [1.29, 1.82) is 0 Å². The number of piperidine rings is 1. The average Bonchev–Trinajstić information content (AvgIpc) is 3.14. The van der Waals surface area contributed by atoms with Gasteiger partial charge in [-0.15, -0.1) is 0 Å². The van der Waals surface area contributed by atoms with Crippen molar-refractivity contribution in [3.63, 3.8) is 0 Å². The Balaban J connectivity index is 1.14. The molecule has 188 valence electrons. The summed E-state index contributed by atoms with van der Waals surface area (Å²) in [5.74, 6) is -0.204. The second-order valence-corrected chi connectivity index (χ2v) is 10.8. The van der Waals surface area contributed by atoms with Gasteiger partial charge < -0.3 is 5.32 Å². The van der Waals surface area contributed by atoms with Crippen molar-refractivity contribution >= 4 is 5.91 Å². The van der Waals surface area contributed by atoms with Crippen LogP contribution in [0.1, 0.15) is 50.7 Å². The van der Waals surface area contributed by atoms with Crippen LogP contribution in [0.4, 0.5) is 17.6 Å². The zero-order chi connectivity index (χ0) is 25.0. The van der Waals surface area contributed by atoms with Crippen molar-refractivity contribution in [2.45, 2.75) is 58.3 Å². The SMILES string of the molecule is CC1CC=CC2=C1[C@@]1(C=C2)CCN(C2CC(C(=O)NCc3cc(F)cc(C(F)(F)F)c3)C2)C[C@@H]1C. The molecule has 1 amide bonds. The van der Waals surface area contributed by atoms with Gasteiger partial charge in [0.1, 0.15) is 5.82 Å². The summed E-state index contributed by atoms with van der Waals surface area (Å²) >= 11 is 0. The third-order valence-electron chi connectivity index (χ3n) is 8.61. The molecule has 0 aromatic heterocycles. The topological polar surface area (TPSA) is 32.3 Å².